The maximum Gasteiger partial charge on any atom is 0.271 e. The van der Waals surface area contributed by atoms with Gasteiger partial charge in [-0.2, -0.15) is 0 Å². The van der Waals surface area contributed by atoms with Crippen molar-refractivity contribution < 1.29 is 18.0 Å². The topological polar surface area (TPSA) is 92.3 Å². The zero-order valence-electron chi connectivity index (χ0n) is 13.0. The van der Waals surface area contributed by atoms with Crippen molar-refractivity contribution in [3.8, 4) is 0 Å². The van der Waals surface area contributed by atoms with Crippen molar-refractivity contribution in [2.45, 2.75) is 4.21 Å². The number of allylic oxidation sites excluding steroid dienone is 2. The smallest absolute Gasteiger partial charge is 0.271 e. The zero-order chi connectivity index (χ0) is 18.0. The zero-order valence-corrected chi connectivity index (χ0v) is 14.6. The van der Waals surface area contributed by atoms with E-state index in [1.54, 1.807) is 23.6 Å². The average Bonchev–Trinajstić information content (AvgIpc) is 3.15. The third kappa shape index (κ3) is 3.13. The number of rotatable bonds is 6. The number of fused-ring (bicyclic) bond motifs is 1. The Morgan fingerprint density at radius 1 is 1.00 bits per heavy atom. The molecule has 0 saturated carbocycles. The molecule has 6 nitrogen and oxygen atoms in total. The van der Waals surface area contributed by atoms with E-state index in [1.165, 1.54) is 24.3 Å². The summed E-state index contributed by atoms with van der Waals surface area (Å²) in [7, 11) is -3.96. The molecule has 1 aromatic carbocycles. The van der Waals surface area contributed by atoms with Crippen LogP contribution < -0.4 is 10.0 Å². The Hall–Kier alpha value is -2.71. The molecule has 1 heterocycles. The lowest BCUT2D eigenvalue weighted by Crippen LogP contribution is -2.38. The lowest BCUT2D eigenvalue weighted by atomic mass is 9.90. The van der Waals surface area contributed by atoms with Gasteiger partial charge in [0.15, 0.2) is 0 Å². The van der Waals surface area contributed by atoms with Gasteiger partial charge in [-0.05, 0) is 11.4 Å². The number of ketones is 2. The van der Waals surface area contributed by atoms with Gasteiger partial charge in [-0.1, -0.05) is 36.4 Å². The molecule has 0 fully saturated rings. The fraction of sp³-hybridized carbons (Fsp3) is 0.0588. The Kier molecular flexibility index (Phi) is 4.56. The lowest BCUT2D eigenvalue weighted by Gasteiger charge is -2.22. The highest BCUT2D eigenvalue weighted by atomic mass is 32.2. The average molecular weight is 374 g/mol. The summed E-state index contributed by atoms with van der Waals surface area (Å²) in [6.45, 7) is 3.76. The Morgan fingerprint density at radius 3 is 2.20 bits per heavy atom. The van der Waals surface area contributed by atoms with Crippen molar-refractivity contribution in [3.63, 3.8) is 0 Å². The fourth-order valence-corrected chi connectivity index (χ4v) is 4.49. The first-order chi connectivity index (χ1) is 12.0. The maximum absolute atomic E-state index is 12.8. The highest BCUT2D eigenvalue weighted by Gasteiger charge is 2.34. The molecule has 8 heteroatoms. The van der Waals surface area contributed by atoms with E-state index >= 15 is 0 Å². The molecule has 0 radical (unpaired) electrons. The molecule has 1 aromatic heterocycles. The number of benzene rings is 1. The Balaban J connectivity index is 2.10. The van der Waals surface area contributed by atoms with E-state index in [0.717, 1.165) is 11.3 Å². The predicted molar refractivity (Wildman–Crippen MR) is 95.0 cm³/mol. The Bertz CT molecular complexity index is 989. The minimum Gasteiger partial charge on any atom is -0.377 e. The second kappa shape index (κ2) is 6.66. The van der Waals surface area contributed by atoms with Crippen LogP contribution in [-0.4, -0.2) is 26.5 Å². The standard InChI is InChI=1S/C17H14N2O4S2/c1-2-9-18-14-15(19-25(22,23)13-8-5-10-24-13)17(21)12-7-4-3-6-11(12)16(14)20/h2-8,10,18-19H,1,9H2. The second-order valence-corrected chi connectivity index (χ2v) is 8.02. The van der Waals surface area contributed by atoms with E-state index in [2.05, 4.69) is 16.6 Å². The number of nitrogens with one attached hydrogen (secondary N) is 2. The largest absolute Gasteiger partial charge is 0.377 e. The molecule has 0 saturated heterocycles. The van der Waals surface area contributed by atoms with Crippen LogP contribution in [0.25, 0.3) is 0 Å². The highest BCUT2D eigenvalue weighted by Crippen LogP contribution is 2.26. The molecule has 2 N–H and O–H groups in total. The molecule has 0 atom stereocenters. The van der Waals surface area contributed by atoms with E-state index in [9.17, 15) is 18.0 Å². The number of thiophene rings is 1. The molecular formula is C17H14N2O4S2. The van der Waals surface area contributed by atoms with Gasteiger partial charge in [0.2, 0.25) is 11.6 Å². The molecule has 128 valence electrons. The molecule has 2 aromatic rings. The molecule has 0 spiro atoms. The van der Waals surface area contributed by atoms with E-state index in [0.29, 0.717) is 0 Å². The summed E-state index contributed by atoms with van der Waals surface area (Å²) in [5.74, 6) is -0.997. The molecular weight excluding hydrogens is 360 g/mol. The van der Waals surface area contributed by atoms with E-state index in [1.807, 2.05) is 0 Å². The summed E-state index contributed by atoms with van der Waals surface area (Å²) in [6, 6.07) is 9.32. The van der Waals surface area contributed by atoms with Gasteiger partial charge in [-0.25, -0.2) is 8.42 Å². The summed E-state index contributed by atoms with van der Waals surface area (Å²) >= 11 is 1.02. The number of carbonyl (C=O) groups is 2. The van der Waals surface area contributed by atoms with Crippen molar-refractivity contribution in [1.29, 1.82) is 0 Å². The van der Waals surface area contributed by atoms with Gasteiger partial charge in [0, 0.05) is 17.7 Å². The maximum atomic E-state index is 12.8. The quantitative estimate of drug-likeness (QED) is 0.756. The molecule has 0 bridgehead atoms. The molecule has 0 unspecified atom stereocenters. The molecule has 3 rings (SSSR count). The van der Waals surface area contributed by atoms with Crippen molar-refractivity contribution in [2.75, 3.05) is 6.54 Å². The van der Waals surface area contributed by atoms with Crippen LogP contribution in [0.4, 0.5) is 0 Å². The number of Topliss-reactive ketones (excluding diaryl/α,β-unsaturated/α-hetero) is 2. The van der Waals surface area contributed by atoms with E-state index in [-0.39, 0.29) is 33.3 Å². The number of hydrogen-bond donors (Lipinski definition) is 2. The highest BCUT2D eigenvalue weighted by molar-refractivity contribution is 7.91. The van der Waals surface area contributed by atoms with Crippen molar-refractivity contribution in [3.05, 3.63) is 77.0 Å². The minimum atomic E-state index is -3.96. The van der Waals surface area contributed by atoms with Gasteiger partial charge in [0.25, 0.3) is 10.0 Å². The number of carbonyl (C=O) groups excluding carboxylic acids is 2. The summed E-state index contributed by atoms with van der Waals surface area (Å²) in [6.07, 6.45) is 1.51. The predicted octanol–water partition coefficient (Wildman–Crippen LogP) is 2.09. The first-order valence-electron chi connectivity index (χ1n) is 7.29. The van der Waals surface area contributed by atoms with E-state index < -0.39 is 21.6 Å². The van der Waals surface area contributed by atoms with Crippen LogP contribution in [0.1, 0.15) is 20.7 Å². The van der Waals surface area contributed by atoms with Crippen LogP contribution in [0.3, 0.4) is 0 Å². The van der Waals surface area contributed by atoms with Gasteiger partial charge < -0.3 is 5.32 Å². The third-order valence-electron chi connectivity index (χ3n) is 3.54. The first kappa shape index (κ1) is 17.1. The normalized spacial score (nSPS) is 14.2. The van der Waals surface area contributed by atoms with Crippen molar-refractivity contribution >= 4 is 32.9 Å². The van der Waals surface area contributed by atoms with Gasteiger partial charge >= 0.3 is 0 Å². The Labute approximate surface area is 148 Å². The summed E-state index contributed by atoms with van der Waals surface area (Å²) in [4.78, 5) is 25.5. The van der Waals surface area contributed by atoms with Crippen LogP contribution in [-0.2, 0) is 10.0 Å². The van der Waals surface area contributed by atoms with Crippen LogP contribution in [0.15, 0.2) is 70.0 Å². The molecule has 0 amide bonds. The fourth-order valence-electron chi connectivity index (χ4n) is 2.42. The molecule has 25 heavy (non-hydrogen) atoms. The van der Waals surface area contributed by atoms with Gasteiger partial charge in [-0.15, -0.1) is 17.9 Å². The second-order valence-electron chi connectivity index (χ2n) is 5.16. The number of hydrogen-bond acceptors (Lipinski definition) is 6. The van der Waals surface area contributed by atoms with Crippen molar-refractivity contribution in [1.82, 2.24) is 10.0 Å². The first-order valence-corrected chi connectivity index (χ1v) is 9.66. The summed E-state index contributed by atoms with van der Waals surface area (Å²) in [5.41, 5.74) is 0.0429. The minimum absolute atomic E-state index is 0.0576. The van der Waals surface area contributed by atoms with Gasteiger partial charge in [0.05, 0.1) is 0 Å². The third-order valence-corrected chi connectivity index (χ3v) is 6.29. The van der Waals surface area contributed by atoms with Crippen LogP contribution in [0.2, 0.25) is 0 Å². The van der Waals surface area contributed by atoms with Crippen LogP contribution in [0.5, 0.6) is 0 Å². The summed E-state index contributed by atoms with van der Waals surface area (Å²) < 4.78 is 27.3. The monoisotopic (exact) mass is 374 g/mol. The van der Waals surface area contributed by atoms with Gasteiger partial charge in [0.1, 0.15) is 15.6 Å². The van der Waals surface area contributed by atoms with E-state index in [4.69, 9.17) is 0 Å². The molecule has 0 aliphatic heterocycles. The van der Waals surface area contributed by atoms with Gasteiger partial charge in [-0.3, -0.25) is 14.3 Å². The van der Waals surface area contributed by atoms with Crippen LogP contribution >= 0.6 is 11.3 Å². The SMILES string of the molecule is C=CCNC1=C(NS(=O)(=O)c2cccs2)C(=O)c2ccccc2C1=O. The number of sulfonamides is 1. The lowest BCUT2D eigenvalue weighted by molar-refractivity contribution is 0.0966. The van der Waals surface area contributed by atoms with Crippen molar-refractivity contribution in [2.24, 2.45) is 0 Å². The Morgan fingerprint density at radius 2 is 1.64 bits per heavy atom. The van der Waals surface area contributed by atoms with Crippen LogP contribution in [0, 0.1) is 0 Å². The molecule has 1 aliphatic rings. The molecule has 1 aliphatic carbocycles. The summed E-state index contributed by atoms with van der Waals surface area (Å²) in [5, 5.41) is 4.39.